The highest BCUT2D eigenvalue weighted by molar-refractivity contribution is 7.03. The van der Waals surface area contributed by atoms with E-state index in [1.54, 1.807) is 34.8 Å². The number of carbonyl (C=O) groups excluding carboxylic acids is 2. The summed E-state index contributed by atoms with van der Waals surface area (Å²) < 4.78 is 3.84. The van der Waals surface area contributed by atoms with Gasteiger partial charge in [-0.1, -0.05) is 23.8 Å². The van der Waals surface area contributed by atoms with Gasteiger partial charge in [0.05, 0.1) is 0 Å². The number of carbonyl (C=O) groups is 2. The Bertz CT molecular complexity index is 783. The molecule has 7 nitrogen and oxygen atoms in total. The van der Waals surface area contributed by atoms with Crippen LogP contribution in [0, 0.1) is 0 Å². The van der Waals surface area contributed by atoms with Gasteiger partial charge >= 0.3 is 0 Å². The van der Waals surface area contributed by atoms with E-state index in [0.29, 0.717) is 0 Å². The molecule has 0 aromatic carbocycles. The maximum atomic E-state index is 13.4. The minimum absolute atomic E-state index is 0.00756. The molecule has 0 bridgehead atoms. The molecule has 3 rings (SSSR count). The first-order valence-electron chi connectivity index (χ1n) is 9.68. The first kappa shape index (κ1) is 20.4. The molecule has 8 heteroatoms. The van der Waals surface area contributed by atoms with Crippen LogP contribution in [0.4, 0.5) is 0 Å². The summed E-state index contributed by atoms with van der Waals surface area (Å²) in [6.45, 7) is 5.81. The van der Waals surface area contributed by atoms with E-state index in [9.17, 15) is 9.59 Å². The van der Waals surface area contributed by atoms with Gasteiger partial charge in [-0.15, -0.1) is 5.10 Å². The minimum atomic E-state index is -0.737. The van der Waals surface area contributed by atoms with Gasteiger partial charge < -0.3 is 10.2 Å². The predicted octanol–water partition coefficient (Wildman–Crippen LogP) is 3.36. The Kier molecular flexibility index (Phi) is 6.39. The van der Waals surface area contributed by atoms with Crippen molar-refractivity contribution >= 4 is 23.3 Å². The van der Waals surface area contributed by atoms with Crippen LogP contribution in [0.1, 0.15) is 75.0 Å². The van der Waals surface area contributed by atoms with E-state index in [0.717, 1.165) is 49.2 Å². The predicted molar refractivity (Wildman–Crippen MR) is 108 cm³/mol. The third kappa shape index (κ3) is 4.92. The molecule has 0 aliphatic heterocycles. The van der Waals surface area contributed by atoms with Gasteiger partial charge in [0, 0.05) is 29.4 Å². The molecular formula is C20H27N5O2S. The number of rotatable bonds is 5. The monoisotopic (exact) mass is 401 g/mol. The standard InChI is InChI=1S/C20H27N5O2S/c1-20(2,3)22-18(26)17(14-9-11-21-12-10-14)25(15-7-5-4-6-8-15)19(27)16-13-28-24-23-16/h9-13,15,17H,4-8H2,1-3H3,(H,22,26). The van der Waals surface area contributed by atoms with Crippen molar-refractivity contribution in [2.45, 2.75) is 70.5 Å². The van der Waals surface area contributed by atoms with Crippen LogP contribution < -0.4 is 5.32 Å². The topological polar surface area (TPSA) is 88.1 Å². The molecule has 1 atom stereocenters. The maximum absolute atomic E-state index is 13.4. The van der Waals surface area contributed by atoms with Crippen molar-refractivity contribution in [3.63, 3.8) is 0 Å². The number of pyridine rings is 1. The van der Waals surface area contributed by atoms with Crippen molar-refractivity contribution in [1.29, 1.82) is 0 Å². The van der Waals surface area contributed by atoms with Crippen LogP contribution in [0.15, 0.2) is 29.9 Å². The lowest BCUT2D eigenvalue weighted by atomic mass is 9.91. The molecule has 1 aliphatic rings. The quantitative estimate of drug-likeness (QED) is 0.830. The minimum Gasteiger partial charge on any atom is -0.349 e. The fraction of sp³-hybridized carbons (Fsp3) is 0.550. The van der Waals surface area contributed by atoms with Crippen molar-refractivity contribution < 1.29 is 9.59 Å². The fourth-order valence-corrected chi connectivity index (χ4v) is 4.10. The summed E-state index contributed by atoms with van der Waals surface area (Å²) in [5.74, 6) is -0.438. The Labute approximate surface area is 169 Å². The molecule has 0 radical (unpaired) electrons. The van der Waals surface area contributed by atoms with Gasteiger partial charge in [-0.3, -0.25) is 14.6 Å². The number of nitrogens with zero attached hydrogens (tertiary/aromatic N) is 4. The second-order valence-corrected chi connectivity index (χ2v) is 8.83. The fourth-order valence-electron chi connectivity index (χ4n) is 3.67. The first-order chi connectivity index (χ1) is 13.4. The lowest BCUT2D eigenvalue weighted by molar-refractivity contribution is -0.128. The van der Waals surface area contributed by atoms with Crippen molar-refractivity contribution in [2.75, 3.05) is 0 Å². The normalized spacial score (nSPS) is 16.4. The van der Waals surface area contributed by atoms with Gasteiger partial charge in [-0.25, -0.2) is 0 Å². The molecule has 28 heavy (non-hydrogen) atoms. The zero-order chi connectivity index (χ0) is 20.1. The molecule has 1 unspecified atom stereocenters. The summed E-state index contributed by atoms with van der Waals surface area (Å²) >= 11 is 1.14. The molecule has 2 aromatic rings. The number of aromatic nitrogens is 3. The average molecular weight is 402 g/mol. The van der Waals surface area contributed by atoms with Crippen LogP contribution in [0.3, 0.4) is 0 Å². The molecule has 1 fully saturated rings. The highest BCUT2D eigenvalue weighted by atomic mass is 32.1. The van der Waals surface area contributed by atoms with Gasteiger partial charge in [0.2, 0.25) is 5.91 Å². The van der Waals surface area contributed by atoms with Gasteiger partial charge in [0.25, 0.3) is 5.91 Å². The van der Waals surface area contributed by atoms with Crippen molar-refractivity contribution in [2.24, 2.45) is 0 Å². The van der Waals surface area contributed by atoms with E-state index in [1.807, 2.05) is 20.8 Å². The van der Waals surface area contributed by atoms with Crippen LogP contribution in [-0.2, 0) is 4.79 Å². The third-order valence-electron chi connectivity index (χ3n) is 4.83. The average Bonchev–Trinajstić information content (AvgIpc) is 3.20. The zero-order valence-corrected chi connectivity index (χ0v) is 17.4. The summed E-state index contributed by atoms with van der Waals surface area (Å²) in [5, 5.41) is 8.67. The van der Waals surface area contributed by atoms with E-state index < -0.39 is 11.6 Å². The molecule has 2 amide bonds. The third-order valence-corrected chi connectivity index (χ3v) is 5.33. The zero-order valence-electron chi connectivity index (χ0n) is 16.6. The van der Waals surface area contributed by atoms with Crippen molar-refractivity contribution in [1.82, 2.24) is 24.8 Å². The van der Waals surface area contributed by atoms with Crippen molar-refractivity contribution in [3.8, 4) is 0 Å². The van der Waals surface area contributed by atoms with Crippen molar-refractivity contribution in [3.05, 3.63) is 41.2 Å². The summed E-state index contributed by atoms with van der Waals surface area (Å²) in [4.78, 5) is 32.6. The molecule has 150 valence electrons. The highest BCUT2D eigenvalue weighted by Gasteiger charge is 2.39. The number of hydrogen-bond donors (Lipinski definition) is 1. The van der Waals surface area contributed by atoms with Crippen LogP contribution in [0.2, 0.25) is 0 Å². The van der Waals surface area contributed by atoms with E-state index in [1.165, 1.54) is 0 Å². The second kappa shape index (κ2) is 8.77. The molecule has 1 saturated carbocycles. The van der Waals surface area contributed by atoms with Crippen LogP contribution in [-0.4, -0.2) is 42.9 Å². The molecule has 0 saturated heterocycles. The Hall–Kier alpha value is -2.35. The Morgan fingerprint density at radius 2 is 1.86 bits per heavy atom. The highest BCUT2D eigenvalue weighted by Crippen LogP contribution is 2.32. The Morgan fingerprint density at radius 1 is 1.18 bits per heavy atom. The summed E-state index contributed by atoms with van der Waals surface area (Å²) in [5.41, 5.74) is 0.628. The Morgan fingerprint density at radius 3 is 2.43 bits per heavy atom. The van der Waals surface area contributed by atoms with Crippen LogP contribution in [0.25, 0.3) is 0 Å². The van der Waals surface area contributed by atoms with E-state index >= 15 is 0 Å². The van der Waals surface area contributed by atoms with E-state index in [4.69, 9.17) is 0 Å². The smallest absolute Gasteiger partial charge is 0.276 e. The van der Waals surface area contributed by atoms with E-state index in [2.05, 4.69) is 19.9 Å². The number of hydrogen-bond acceptors (Lipinski definition) is 6. The van der Waals surface area contributed by atoms with Crippen LogP contribution >= 0.6 is 11.5 Å². The summed E-state index contributed by atoms with van der Waals surface area (Å²) in [7, 11) is 0. The van der Waals surface area contributed by atoms with Gasteiger partial charge in [-0.05, 0) is 62.8 Å². The maximum Gasteiger partial charge on any atom is 0.276 e. The lowest BCUT2D eigenvalue weighted by Gasteiger charge is -2.40. The first-order valence-corrected chi connectivity index (χ1v) is 10.5. The van der Waals surface area contributed by atoms with E-state index in [-0.39, 0.29) is 23.6 Å². The molecule has 2 heterocycles. The van der Waals surface area contributed by atoms with Gasteiger partial charge in [0.1, 0.15) is 6.04 Å². The molecule has 1 N–H and O–H groups in total. The second-order valence-electron chi connectivity index (χ2n) is 8.22. The van der Waals surface area contributed by atoms with Gasteiger partial charge in [0.15, 0.2) is 5.69 Å². The summed E-state index contributed by atoms with van der Waals surface area (Å²) in [6.07, 6.45) is 8.33. The largest absolute Gasteiger partial charge is 0.349 e. The van der Waals surface area contributed by atoms with Crippen LogP contribution in [0.5, 0.6) is 0 Å². The van der Waals surface area contributed by atoms with Gasteiger partial charge in [-0.2, -0.15) is 0 Å². The number of amides is 2. The number of nitrogens with one attached hydrogen (secondary N) is 1. The Balaban J connectivity index is 2.04. The lowest BCUT2D eigenvalue weighted by Crippen LogP contribution is -2.52. The summed E-state index contributed by atoms with van der Waals surface area (Å²) in [6, 6.07) is 2.86. The molecule has 2 aromatic heterocycles. The molecule has 1 aliphatic carbocycles. The molecular weight excluding hydrogens is 374 g/mol. The molecule has 0 spiro atoms. The SMILES string of the molecule is CC(C)(C)NC(=O)C(c1ccncc1)N(C(=O)c1csnn1)C1CCCCC1.